The summed E-state index contributed by atoms with van der Waals surface area (Å²) in [5.74, 6) is -0.806. The van der Waals surface area contributed by atoms with E-state index in [-0.39, 0.29) is 6.04 Å². The van der Waals surface area contributed by atoms with Crippen molar-refractivity contribution in [3.63, 3.8) is 0 Å². The molecule has 0 radical (unpaired) electrons. The summed E-state index contributed by atoms with van der Waals surface area (Å²) in [5, 5.41) is 13.8. The van der Waals surface area contributed by atoms with E-state index in [4.69, 9.17) is 0 Å². The Morgan fingerprint density at radius 1 is 1.40 bits per heavy atom. The van der Waals surface area contributed by atoms with Crippen LogP contribution < -0.4 is 5.32 Å². The number of allylic oxidation sites excluding steroid dienone is 1. The summed E-state index contributed by atoms with van der Waals surface area (Å²) in [4.78, 5) is 14.7. The quantitative estimate of drug-likeness (QED) is 0.735. The van der Waals surface area contributed by atoms with E-state index < -0.39 is 12.0 Å². The highest BCUT2D eigenvalue weighted by atomic mass is 16.4. The van der Waals surface area contributed by atoms with Gasteiger partial charge in [0.05, 0.1) is 6.04 Å². The lowest BCUT2D eigenvalue weighted by Gasteiger charge is -2.19. The Labute approximate surface area is 117 Å². The number of aliphatic carboxylic acids is 1. The first kappa shape index (κ1) is 12.9. The van der Waals surface area contributed by atoms with Crippen LogP contribution in [-0.4, -0.2) is 22.1 Å². The molecule has 0 aliphatic carbocycles. The topological polar surface area (TPSA) is 65.1 Å². The third-order valence-electron chi connectivity index (χ3n) is 3.76. The molecule has 0 unspecified atom stereocenters. The molecule has 1 aliphatic rings. The first-order valence-electron chi connectivity index (χ1n) is 6.79. The number of H-pyrrole nitrogens is 1. The van der Waals surface area contributed by atoms with Gasteiger partial charge in [0.15, 0.2) is 0 Å². The number of aromatic amines is 1. The number of carboxylic acid groups (broad SMARTS) is 1. The van der Waals surface area contributed by atoms with E-state index in [0.717, 1.165) is 22.0 Å². The van der Waals surface area contributed by atoms with Crippen molar-refractivity contribution in [2.75, 3.05) is 0 Å². The third-order valence-corrected chi connectivity index (χ3v) is 3.76. The first-order valence-corrected chi connectivity index (χ1v) is 6.79. The smallest absolute Gasteiger partial charge is 0.321 e. The van der Waals surface area contributed by atoms with Crippen molar-refractivity contribution in [1.82, 2.24) is 10.3 Å². The normalized spacial score (nSPS) is 21.5. The summed E-state index contributed by atoms with van der Waals surface area (Å²) in [6.45, 7) is 4.06. The number of hydrogen-bond donors (Lipinski definition) is 3. The standard InChI is InChI=1S/C16H18N2O2/c1-9(2)6-13-11-4-3-5-12-15(11)10(8-17-12)7-14(18-13)16(19)20/h3-6,8,13-14,17-18H,7H2,1-2H3,(H,19,20)/t13-,14+/m1/s1. The molecule has 0 saturated heterocycles. The number of aromatic nitrogens is 1. The molecule has 1 aromatic heterocycles. The Balaban J connectivity index is 2.20. The highest BCUT2D eigenvalue weighted by molar-refractivity contribution is 5.89. The molecule has 2 heterocycles. The van der Waals surface area contributed by atoms with E-state index in [1.165, 1.54) is 5.57 Å². The molecule has 2 aromatic rings. The summed E-state index contributed by atoms with van der Waals surface area (Å²) < 4.78 is 0. The molecule has 104 valence electrons. The van der Waals surface area contributed by atoms with Gasteiger partial charge < -0.3 is 10.1 Å². The van der Waals surface area contributed by atoms with Crippen molar-refractivity contribution in [2.24, 2.45) is 0 Å². The van der Waals surface area contributed by atoms with Gasteiger partial charge in [0.25, 0.3) is 0 Å². The van der Waals surface area contributed by atoms with Crippen LogP contribution in [0.3, 0.4) is 0 Å². The zero-order valence-electron chi connectivity index (χ0n) is 11.6. The van der Waals surface area contributed by atoms with Crippen LogP contribution in [0.25, 0.3) is 10.9 Å². The maximum absolute atomic E-state index is 11.4. The van der Waals surface area contributed by atoms with Crippen molar-refractivity contribution >= 4 is 16.9 Å². The van der Waals surface area contributed by atoms with Crippen molar-refractivity contribution in [3.05, 3.63) is 47.2 Å². The van der Waals surface area contributed by atoms with Crippen LogP contribution in [0.4, 0.5) is 0 Å². The Morgan fingerprint density at radius 3 is 2.90 bits per heavy atom. The van der Waals surface area contributed by atoms with Gasteiger partial charge in [-0.25, -0.2) is 0 Å². The molecule has 0 bridgehead atoms. The van der Waals surface area contributed by atoms with Crippen molar-refractivity contribution in [1.29, 1.82) is 0 Å². The van der Waals surface area contributed by atoms with Crippen LogP contribution in [0.15, 0.2) is 36.0 Å². The van der Waals surface area contributed by atoms with Gasteiger partial charge in [0.1, 0.15) is 6.04 Å². The van der Waals surface area contributed by atoms with Gasteiger partial charge in [-0.05, 0) is 31.0 Å². The summed E-state index contributed by atoms with van der Waals surface area (Å²) in [6, 6.07) is 5.47. The highest BCUT2D eigenvalue weighted by Crippen LogP contribution is 2.32. The molecular weight excluding hydrogens is 252 g/mol. The molecule has 0 amide bonds. The van der Waals surface area contributed by atoms with Gasteiger partial charge in [0, 0.05) is 23.5 Å². The molecule has 4 nitrogen and oxygen atoms in total. The minimum absolute atomic E-state index is 0.0677. The van der Waals surface area contributed by atoms with Crippen LogP contribution in [0.5, 0.6) is 0 Å². The SMILES string of the molecule is CC(C)=C[C@H]1N[C@H](C(=O)O)Cc2c[nH]c3cccc1c23. The van der Waals surface area contributed by atoms with E-state index >= 15 is 0 Å². The van der Waals surface area contributed by atoms with Gasteiger partial charge >= 0.3 is 5.97 Å². The summed E-state index contributed by atoms with van der Waals surface area (Å²) in [6.07, 6.45) is 4.52. The van der Waals surface area contributed by atoms with Gasteiger partial charge in [-0.15, -0.1) is 0 Å². The van der Waals surface area contributed by atoms with Gasteiger partial charge in [-0.1, -0.05) is 23.8 Å². The second-order valence-electron chi connectivity index (χ2n) is 5.57. The molecule has 0 fully saturated rings. The maximum Gasteiger partial charge on any atom is 0.321 e. The maximum atomic E-state index is 11.4. The fourth-order valence-electron chi connectivity index (χ4n) is 2.92. The molecule has 2 atom stereocenters. The van der Waals surface area contributed by atoms with Gasteiger partial charge in [-0.3, -0.25) is 10.1 Å². The van der Waals surface area contributed by atoms with Crippen LogP contribution in [0.1, 0.15) is 31.0 Å². The Kier molecular flexibility index (Phi) is 3.10. The number of benzene rings is 1. The zero-order valence-corrected chi connectivity index (χ0v) is 11.6. The fourth-order valence-corrected chi connectivity index (χ4v) is 2.92. The van der Waals surface area contributed by atoms with Crippen molar-refractivity contribution < 1.29 is 9.90 Å². The zero-order chi connectivity index (χ0) is 14.3. The molecule has 0 spiro atoms. The average Bonchev–Trinajstić information content (AvgIpc) is 2.72. The van der Waals surface area contributed by atoms with Crippen LogP contribution >= 0.6 is 0 Å². The third kappa shape index (κ3) is 2.12. The minimum Gasteiger partial charge on any atom is -0.480 e. The summed E-state index contributed by atoms with van der Waals surface area (Å²) in [7, 11) is 0. The summed E-state index contributed by atoms with van der Waals surface area (Å²) in [5.41, 5.74) is 4.45. The lowest BCUT2D eigenvalue weighted by Crippen LogP contribution is -2.39. The van der Waals surface area contributed by atoms with Crippen molar-refractivity contribution in [3.8, 4) is 0 Å². The summed E-state index contributed by atoms with van der Waals surface area (Å²) >= 11 is 0. The first-order chi connectivity index (χ1) is 9.56. The van der Waals surface area contributed by atoms with Gasteiger partial charge in [0.2, 0.25) is 0 Å². The Morgan fingerprint density at radius 2 is 2.20 bits per heavy atom. The van der Waals surface area contributed by atoms with Crippen molar-refractivity contribution in [2.45, 2.75) is 32.4 Å². The lowest BCUT2D eigenvalue weighted by atomic mass is 9.99. The number of rotatable bonds is 2. The van der Waals surface area contributed by atoms with E-state index in [0.29, 0.717) is 6.42 Å². The van der Waals surface area contributed by atoms with E-state index in [2.05, 4.69) is 22.4 Å². The molecule has 3 N–H and O–H groups in total. The number of carbonyl (C=O) groups is 1. The average molecular weight is 270 g/mol. The molecule has 20 heavy (non-hydrogen) atoms. The monoisotopic (exact) mass is 270 g/mol. The largest absolute Gasteiger partial charge is 0.480 e. The number of carboxylic acids is 1. The molecule has 4 heteroatoms. The Bertz CT molecular complexity index is 696. The van der Waals surface area contributed by atoms with Gasteiger partial charge in [-0.2, -0.15) is 0 Å². The molecular formula is C16H18N2O2. The molecule has 3 rings (SSSR count). The predicted octanol–water partition coefficient (Wildman–Crippen LogP) is 2.77. The van der Waals surface area contributed by atoms with Crippen LogP contribution in [-0.2, 0) is 11.2 Å². The second-order valence-corrected chi connectivity index (χ2v) is 5.57. The van der Waals surface area contributed by atoms with E-state index in [1.54, 1.807) is 0 Å². The van der Waals surface area contributed by atoms with E-state index in [1.807, 2.05) is 32.2 Å². The number of hydrogen-bond acceptors (Lipinski definition) is 2. The molecule has 0 saturated carbocycles. The fraction of sp³-hybridized carbons (Fsp3) is 0.312. The molecule has 1 aliphatic heterocycles. The minimum atomic E-state index is -0.806. The lowest BCUT2D eigenvalue weighted by molar-refractivity contribution is -0.139. The Hall–Kier alpha value is -2.07. The predicted molar refractivity (Wildman–Crippen MR) is 78.7 cm³/mol. The highest BCUT2D eigenvalue weighted by Gasteiger charge is 2.28. The molecule has 1 aromatic carbocycles. The second kappa shape index (κ2) is 4.80. The van der Waals surface area contributed by atoms with Crippen LogP contribution in [0, 0.1) is 0 Å². The van der Waals surface area contributed by atoms with Crippen LogP contribution in [0.2, 0.25) is 0 Å². The van der Waals surface area contributed by atoms with E-state index in [9.17, 15) is 9.90 Å². The number of nitrogens with one attached hydrogen (secondary N) is 2.